The second-order valence-corrected chi connectivity index (χ2v) is 3.88. The van der Waals surface area contributed by atoms with Crippen LogP contribution in [0.4, 0.5) is 17.6 Å². The number of nitrogens with zero attached hydrogens (tertiary/aromatic N) is 2. The first kappa shape index (κ1) is 13.4. The third-order valence-corrected chi connectivity index (χ3v) is 2.52. The van der Waals surface area contributed by atoms with Crippen LogP contribution in [0.1, 0.15) is 22.9 Å². The molecule has 2 aromatic rings. The van der Waals surface area contributed by atoms with Gasteiger partial charge in [-0.1, -0.05) is 0 Å². The maximum Gasteiger partial charge on any atom is 0.417 e. The Balaban J connectivity index is 2.27. The van der Waals surface area contributed by atoms with Crippen LogP contribution in [0.2, 0.25) is 0 Å². The fraction of sp³-hybridized carbons (Fsp3) is 0.167. The lowest BCUT2D eigenvalue weighted by molar-refractivity contribution is -0.137. The van der Waals surface area contributed by atoms with Gasteiger partial charge >= 0.3 is 6.18 Å². The molecule has 2 heterocycles. The number of nitrogens with two attached hydrogens (primary N) is 1. The highest BCUT2D eigenvalue weighted by Crippen LogP contribution is 2.29. The maximum atomic E-state index is 13.0. The van der Waals surface area contributed by atoms with E-state index in [1.807, 2.05) is 0 Å². The molecule has 0 radical (unpaired) electrons. The van der Waals surface area contributed by atoms with Crippen LogP contribution in [0.15, 0.2) is 36.8 Å². The molecule has 0 aliphatic rings. The predicted molar refractivity (Wildman–Crippen MR) is 59.5 cm³/mol. The largest absolute Gasteiger partial charge is 0.417 e. The molecule has 2 N–H and O–H groups in total. The van der Waals surface area contributed by atoms with E-state index in [9.17, 15) is 17.6 Å². The van der Waals surface area contributed by atoms with E-state index in [0.717, 1.165) is 18.3 Å². The van der Waals surface area contributed by atoms with Crippen LogP contribution in [0.5, 0.6) is 0 Å². The first-order valence-corrected chi connectivity index (χ1v) is 5.27. The van der Waals surface area contributed by atoms with Crippen molar-refractivity contribution in [2.75, 3.05) is 0 Å². The number of hydrogen-bond donors (Lipinski definition) is 1. The molecule has 1 unspecified atom stereocenters. The monoisotopic (exact) mass is 271 g/mol. The number of hydrogen-bond acceptors (Lipinski definition) is 3. The van der Waals surface area contributed by atoms with Gasteiger partial charge in [0.2, 0.25) is 0 Å². The van der Waals surface area contributed by atoms with Gasteiger partial charge in [0, 0.05) is 12.4 Å². The molecule has 0 saturated heterocycles. The molecule has 0 aromatic carbocycles. The zero-order chi connectivity index (χ0) is 14.0. The molecular formula is C12H9F4N3. The van der Waals surface area contributed by atoms with Crippen molar-refractivity contribution in [3.63, 3.8) is 0 Å². The smallest absolute Gasteiger partial charge is 0.319 e. The van der Waals surface area contributed by atoms with E-state index in [1.54, 1.807) is 0 Å². The Labute approximate surface area is 106 Å². The van der Waals surface area contributed by atoms with Crippen molar-refractivity contribution in [3.8, 4) is 0 Å². The topological polar surface area (TPSA) is 51.8 Å². The van der Waals surface area contributed by atoms with Gasteiger partial charge in [-0.05, 0) is 23.8 Å². The Kier molecular flexibility index (Phi) is 3.48. The number of pyridine rings is 2. The van der Waals surface area contributed by atoms with Crippen molar-refractivity contribution < 1.29 is 17.6 Å². The second-order valence-electron chi connectivity index (χ2n) is 3.88. The Bertz CT molecular complexity index is 566. The highest BCUT2D eigenvalue weighted by Gasteiger charge is 2.30. The van der Waals surface area contributed by atoms with Crippen LogP contribution in [0.25, 0.3) is 0 Å². The van der Waals surface area contributed by atoms with Crippen molar-refractivity contribution in [1.82, 2.24) is 9.97 Å². The summed E-state index contributed by atoms with van der Waals surface area (Å²) in [5.41, 5.74) is 5.48. The molecule has 0 aliphatic carbocycles. The first-order valence-electron chi connectivity index (χ1n) is 5.27. The number of halogens is 4. The molecule has 2 aromatic heterocycles. The lowest BCUT2D eigenvalue weighted by Gasteiger charge is -2.12. The molecule has 0 saturated carbocycles. The normalized spacial score (nSPS) is 13.3. The average Bonchev–Trinajstić information content (AvgIpc) is 2.37. The summed E-state index contributed by atoms with van der Waals surface area (Å²) in [6, 6.07) is 2.38. The molecule has 0 amide bonds. The number of aromatic nitrogens is 2. The van der Waals surface area contributed by atoms with Crippen molar-refractivity contribution >= 4 is 0 Å². The Morgan fingerprint density at radius 2 is 1.84 bits per heavy atom. The van der Waals surface area contributed by atoms with Crippen molar-refractivity contribution in [3.05, 3.63) is 59.4 Å². The highest BCUT2D eigenvalue weighted by atomic mass is 19.4. The summed E-state index contributed by atoms with van der Waals surface area (Å²) in [4.78, 5) is 7.28. The molecule has 2 rings (SSSR count). The summed E-state index contributed by atoms with van der Waals surface area (Å²) in [7, 11) is 0. The van der Waals surface area contributed by atoms with Gasteiger partial charge in [0.25, 0.3) is 0 Å². The molecule has 0 aliphatic heterocycles. The molecule has 7 heteroatoms. The van der Waals surface area contributed by atoms with Crippen molar-refractivity contribution in [2.45, 2.75) is 12.2 Å². The Morgan fingerprint density at radius 3 is 2.37 bits per heavy atom. The molecule has 3 nitrogen and oxygen atoms in total. The molecule has 100 valence electrons. The lowest BCUT2D eigenvalue weighted by Crippen LogP contribution is -2.15. The maximum absolute atomic E-state index is 13.0. The molecule has 19 heavy (non-hydrogen) atoms. The van der Waals surface area contributed by atoms with Crippen molar-refractivity contribution in [1.29, 1.82) is 0 Å². The van der Waals surface area contributed by atoms with Gasteiger partial charge in [-0.3, -0.25) is 9.97 Å². The van der Waals surface area contributed by atoms with E-state index in [-0.39, 0.29) is 5.69 Å². The summed E-state index contributed by atoms with van der Waals surface area (Å²) < 4.78 is 50.1. The molecule has 0 fully saturated rings. The molecule has 1 atom stereocenters. The van der Waals surface area contributed by atoms with E-state index >= 15 is 0 Å². The predicted octanol–water partition coefficient (Wildman–Crippen LogP) is 2.68. The van der Waals surface area contributed by atoms with Gasteiger partial charge in [-0.15, -0.1) is 0 Å². The Morgan fingerprint density at radius 1 is 1.11 bits per heavy atom. The van der Waals surface area contributed by atoms with Gasteiger partial charge in [0.1, 0.15) is 5.82 Å². The van der Waals surface area contributed by atoms with E-state index in [4.69, 9.17) is 5.73 Å². The zero-order valence-corrected chi connectivity index (χ0v) is 9.53. The van der Waals surface area contributed by atoms with Gasteiger partial charge in [-0.25, -0.2) is 4.39 Å². The molecule has 0 spiro atoms. The molecule has 0 bridgehead atoms. The van der Waals surface area contributed by atoms with Gasteiger partial charge in [0.05, 0.1) is 23.5 Å². The lowest BCUT2D eigenvalue weighted by atomic mass is 10.1. The van der Waals surface area contributed by atoms with Crippen LogP contribution in [0.3, 0.4) is 0 Å². The average molecular weight is 271 g/mol. The fourth-order valence-electron chi connectivity index (χ4n) is 1.53. The minimum atomic E-state index is -4.45. The third-order valence-electron chi connectivity index (χ3n) is 2.52. The first-order chi connectivity index (χ1) is 8.88. The highest BCUT2D eigenvalue weighted by molar-refractivity contribution is 5.27. The van der Waals surface area contributed by atoms with E-state index in [2.05, 4.69) is 9.97 Å². The second kappa shape index (κ2) is 4.93. The SMILES string of the molecule is NC(c1cncc(F)c1)c1ccc(C(F)(F)F)cn1. The summed E-state index contributed by atoms with van der Waals surface area (Å²) in [6.07, 6.45) is -1.40. The number of rotatable bonds is 2. The van der Waals surface area contributed by atoms with Crippen LogP contribution < -0.4 is 5.73 Å². The van der Waals surface area contributed by atoms with Gasteiger partial charge in [-0.2, -0.15) is 13.2 Å². The number of alkyl halides is 3. The minimum absolute atomic E-state index is 0.209. The van der Waals surface area contributed by atoms with Crippen LogP contribution in [-0.4, -0.2) is 9.97 Å². The summed E-state index contributed by atoms with van der Waals surface area (Å²) >= 11 is 0. The fourth-order valence-corrected chi connectivity index (χ4v) is 1.53. The van der Waals surface area contributed by atoms with Crippen LogP contribution in [-0.2, 0) is 6.18 Å². The van der Waals surface area contributed by atoms with E-state index in [1.165, 1.54) is 12.3 Å². The van der Waals surface area contributed by atoms with E-state index < -0.39 is 23.6 Å². The van der Waals surface area contributed by atoms with Crippen LogP contribution in [0, 0.1) is 5.82 Å². The molecular weight excluding hydrogens is 262 g/mol. The van der Waals surface area contributed by atoms with Crippen molar-refractivity contribution in [2.24, 2.45) is 5.73 Å². The standard InChI is InChI=1S/C12H9F4N3/c13-9-3-7(4-18-6-9)11(17)10-2-1-8(5-19-10)12(14,15)16/h1-6,11H,17H2. The minimum Gasteiger partial charge on any atom is -0.319 e. The zero-order valence-electron chi connectivity index (χ0n) is 9.53. The summed E-state index contributed by atoms with van der Waals surface area (Å²) in [5, 5.41) is 0. The Hall–Kier alpha value is -2.02. The third kappa shape index (κ3) is 3.05. The van der Waals surface area contributed by atoms with Crippen LogP contribution >= 0.6 is 0 Å². The van der Waals surface area contributed by atoms with E-state index in [0.29, 0.717) is 11.8 Å². The summed E-state index contributed by atoms with van der Waals surface area (Å²) in [5.74, 6) is -0.570. The quantitative estimate of drug-likeness (QED) is 0.854. The summed E-state index contributed by atoms with van der Waals surface area (Å²) in [6.45, 7) is 0. The van der Waals surface area contributed by atoms with Gasteiger partial charge < -0.3 is 5.73 Å². The van der Waals surface area contributed by atoms with Gasteiger partial charge in [0.15, 0.2) is 0 Å².